The molecule has 0 spiro atoms. The van der Waals surface area contributed by atoms with Crippen LogP contribution >= 0.6 is 0 Å². The van der Waals surface area contributed by atoms with E-state index < -0.39 is 0 Å². The van der Waals surface area contributed by atoms with E-state index in [4.69, 9.17) is 9.47 Å². The van der Waals surface area contributed by atoms with Crippen LogP contribution < -0.4 is 0 Å². The Labute approximate surface area is 117 Å². The SMILES string of the molecule is CC(C)CC(C)CCC(=O)OCC1CCC2OC2C1. The van der Waals surface area contributed by atoms with E-state index in [2.05, 4.69) is 20.8 Å². The van der Waals surface area contributed by atoms with Gasteiger partial charge in [0.25, 0.3) is 0 Å². The van der Waals surface area contributed by atoms with Crippen molar-refractivity contribution in [2.75, 3.05) is 6.61 Å². The van der Waals surface area contributed by atoms with Crippen LogP contribution in [0.2, 0.25) is 0 Å². The molecule has 0 aromatic carbocycles. The zero-order valence-corrected chi connectivity index (χ0v) is 12.6. The Bertz CT molecular complexity index is 300. The Hall–Kier alpha value is -0.570. The lowest BCUT2D eigenvalue weighted by Crippen LogP contribution is -2.20. The van der Waals surface area contributed by atoms with E-state index in [1.54, 1.807) is 0 Å². The molecule has 0 N–H and O–H groups in total. The molecule has 1 saturated heterocycles. The van der Waals surface area contributed by atoms with Crippen molar-refractivity contribution in [2.45, 2.75) is 71.5 Å². The number of carbonyl (C=O) groups excluding carboxylic acids is 1. The van der Waals surface area contributed by atoms with Crippen molar-refractivity contribution >= 4 is 5.97 Å². The fraction of sp³-hybridized carbons (Fsp3) is 0.938. The van der Waals surface area contributed by atoms with Crippen LogP contribution in [0, 0.1) is 17.8 Å². The number of carbonyl (C=O) groups is 1. The highest BCUT2D eigenvalue weighted by atomic mass is 16.6. The van der Waals surface area contributed by atoms with Crippen LogP contribution in [0.5, 0.6) is 0 Å². The molecule has 110 valence electrons. The predicted octanol–water partition coefficient (Wildman–Crippen LogP) is 3.56. The van der Waals surface area contributed by atoms with E-state index in [0.29, 0.717) is 43.0 Å². The van der Waals surface area contributed by atoms with Crippen LogP contribution in [0.15, 0.2) is 0 Å². The molecule has 2 fully saturated rings. The van der Waals surface area contributed by atoms with Gasteiger partial charge >= 0.3 is 5.97 Å². The third kappa shape index (κ3) is 5.13. The summed E-state index contributed by atoms with van der Waals surface area (Å²) in [4.78, 5) is 11.7. The predicted molar refractivity (Wildman–Crippen MR) is 74.8 cm³/mol. The van der Waals surface area contributed by atoms with E-state index >= 15 is 0 Å². The number of fused-ring (bicyclic) bond motifs is 1. The molecule has 0 amide bonds. The highest BCUT2D eigenvalue weighted by Crippen LogP contribution is 2.39. The van der Waals surface area contributed by atoms with Gasteiger partial charge in [0.15, 0.2) is 0 Å². The van der Waals surface area contributed by atoms with Gasteiger partial charge in [-0.2, -0.15) is 0 Å². The van der Waals surface area contributed by atoms with E-state index in [1.165, 1.54) is 6.42 Å². The molecular weight excluding hydrogens is 240 g/mol. The molecule has 2 rings (SSSR count). The molecule has 4 unspecified atom stereocenters. The van der Waals surface area contributed by atoms with Crippen molar-refractivity contribution in [1.82, 2.24) is 0 Å². The van der Waals surface area contributed by atoms with Gasteiger partial charge in [0.05, 0.1) is 18.8 Å². The second-order valence-electron chi connectivity index (χ2n) is 6.85. The fourth-order valence-electron chi connectivity index (χ4n) is 3.21. The van der Waals surface area contributed by atoms with Crippen LogP contribution in [-0.2, 0) is 14.3 Å². The third-order valence-corrected chi connectivity index (χ3v) is 4.31. The number of esters is 1. The maximum Gasteiger partial charge on any atom is 0.305 e. The van der Waals surface area contributed by atoms with Gasteiger partial charge in [0.2, 0.25) is 0 Å². The zero-order chi connectivity index (χ0) is 13.8. The molecule has 0 radical (unpaired) electrons. The summed E-state index contributed by atoms with van der Waals surface area (Å²) in [7, 11) is 0. The maximum absolute atomic E-state index is 11.7. The molecule has 0 bridgehead atoms. The average molecular weight is 268 g/mol. The molecule has 3 nitrogen and oxygen atoms in total. The van der Waals surface area contributed by atoms with Crippen molar-refractivity contribution in [1.29, 1.82) is 0 Å². The summed E-state index contributed by atoms with van der Waals surface area (Å²) in [5.41, 5.74) is 0. The van der Waals surface area contributed by atoms with Gasteiger partial charge in [0.1, 0.15) is 0 Å². The molecular formula is C16H28O3. The van der Waals surface area contributed by atoms with Crippen molar-refractivity contribution in [2.24, 2.45) is 17.8 Å². The van der Waals surface area contributed by atoms with E-state index in [9.17, 15) is 4.79 Å². The first-order valence-electron chi connectivity index (χ1n) is 7.85. The Balaban J connectivity index is 1.54. The normalized spacial score (nSPS) is 30.8. The lowest BCUT2D eigenvalue weighted by atomic mass is 9.90. The van der Waals surface area contributed by atoms with Crippen LogP contribution in [0.3, 0.4) is 0 Å². The van der Waals surface area contributed by atoms with Crippen LogP contribution in [0.1, 0.15) is 59.3 Å². The highest BCUT2D eigenvalue weighted by Gasteiger charge is 2.43. The summed E-state index contributed by atoms with van der Waals surface area (Å²) in [5, 5.41) is 0. The summed E-state index contributed by atoms with van der Waals surface area (Å²) < 4.78 is 10.9. The number of hydrogen-bond acceptors (Lipinski definition) is 3. The topological polar surface area (TPSA) is 38.8 Å². The first-order chi connectivity index (χ1) is 9.04. The number of ether oxygens (including phenoxy) is 2. The quantitative estimate of drug-likeness (QED) is 0.523. The Morgan fingerprint density at radius 2 is 2.05 bits per heavy atom. The number of hydrogen-bond donors (Lipinski definition) is 0. The second kappa shape index (κ2) is 6.74. The van der Waals surface area contributed by atoms with Crippen LogP contribution in [0.4, 0.5) is 0 Å². The molecule has 3 heteroatoms. The average Bonchev–Trinajstić information content (AvgIpc) is 3.11. The van der Waals surface area contributed by atoms with Gasteiger partial charge in [-0.25, -0.2) is 0 Å². The monoisotopic (exact) mass is 268 g/mol. The number of rotatable bonds is 7. The molecule has 4 atom stereocenters. The first-order valence-corrected chi connectivity index (χ1v) is 7.85. The lowest BCUT2D eigenvalue weighted by molar-refractivity contribution is -0.145. The summed E-state index contributed by atoms with van der Waals surface area (Å²) in [6, 6.07) is 0. The van der Waals surface area contributed by atoms with Gasteiger partial charge < -0.3 is 9.47 Å². The molecule has 2 aliphatic rings. The molecule has 19 heavy (non-hydrogen) atoms. The largest absolute Gasteiger partial charge is 0.465 e. The summed E-state index contributed by atoms with van der Waals surface area (Å²) in [6.45, 7) is 7.28. The minimum atomic E-state index is -0.0190. The molecule has 0 aromatic heterocycles. The van der Waals surface area contributed by atoms with E-state index in [-0.39, 0.29) is 5.97 Å². The van der Waals surface area contributed by atoms with Gasteiger partial charge in [-0.3, -0.25) is 4.79 Å². The van der Waals surface area contributed by atoms with Gasteiger partial charge in [-0.05, 0) is 49.9 Å². The zero-order valence-electron chi connectivity index (χ0n) is 12.6. The van der Waals surface area contributed by atoms with Crippen LogP contribution in [-0.4, -0.2) is 24.8 Å². The summed E-state index contributed by atoms with van der Waals surface area (Å²) in [5.74, 6) is 1.83. The van der Waals surface area contributed by atoms with Crippen LogP contribution in [0.25, 0.3) is 0 Å². The summed E-state index contributed by atoms with van der Waals surface area (Å²) >= 11 is 0. The smallest absolute Gasteiger partial charge is 0.305 e. The molecule has 1 heterocycles. The van der Waals surface area contributed by atoms with Crippen molar-refractivity contribution in [3.05, 3.63) is 0 Å². The van der Waals surface area contributed by atoms with E-state index in [0.717, 1.165) is 25.7 Å². The minimum Gasteiger partial charge on any atom is -0.465 e. The maximum atomic E-state index is 11.7. The Morgan fingerprint density at radius 1 is 1.26 bits per heavy atom. The molecule has 1 saturated carbocycles. The minimum absolute atomic E-state index is 0.0190. The molecule has 1 aliphatic heterocycles. The lowest BCUT2D eigenvalue weighted by Gasteiger charge is -2.19. The number of epoxide rings is 1. The van der Waals surface area contributed by atoms with Crippen molar-refractivity contribution < 1.29 is 14.3 Å². The molecule has 0 aromatic rings. The first kappa shape index (κ1) is 14.8. The van der Waals surface area contributed by atoms with Gasteiger partial charge in [-0.15, -0.1) is 0 Å². The summed E-state index contributed by atoms with van der Waals surface area (Å²) in [6.07, 6.45) is 7.11. The highest BCUT2D eigenvalue weighted by molar-refractivity contribution is 5.69. The van der Waals surface area contributed by atoms with E-state index in [1.807, 2.05) is 0 Å². The van der Waals surface area contributed by atoms with Gasteiger partial charge in [-0.1, -0.05) is 20.8 Å². The molecule has 1 aliphatic carbocycles. The Kier molecular flexibility index (Phi) is 5.26. The van der Waals surface area contributed by atoms with Gasteiger partial charge in [0, 0.05) is 6.42 Å². The Morgan fingerprint density at radius 3 is 2.74 bits per heavy atom. The third-order valence-electron chi connectivity index (χ3n) is 4.31. The standard InChI is InChI=1S/C16H28O3/c1-11(2)8-12(3)4-7-16(17)18-10-13-5-6-14-15(9-13)19-14/h11-15H,4-10H2,1-3H3. The fourth-order valence-corrected chi connectivity index (χ4v) is 3.21. The second-order valence-corrected chi connectivity index (χ2v) is 6.85. The van der Waals surface area contributed by atoms with Crippen molar-refractivity contribution in [3.8, 4) is 0 Å². The van der Waals surface area contributed by atoms with Crippen molar-refractivity contribution in [3.63, 3.8) is 0 Å².